The number of aliphatic hydroxyl groups is 1. The van der Waals surface area contributed by atoms with Crippen LogP contribution in [-0.4, -0.2) is 91.4 Å². The van der Waals surface area contributed by atoms with Gasteiger partial charge in [-0.25, -0.2) is 0 Å². The van der Waals surface area contributed by atoms with E-state index in [2.05, 4.69) is 68.4 Å². The SMILES string of the molecule is CO[C@@H]1c2ncc(N3CCN(C4CC4)CC3)cc2-c2c(c3cc(Br)ccc3n2CCOC2CCOCC2)C1C(C)(C)CO. The fraction of sp³-hybridized carbons (Fsp3) is 0.618. The number of benzene rings is 1. The Balaban J connectivity index is 1.34. The Morgan fingerprint density at radius 2 is 1.84 bits per heavy atom. The predicted octanol–water partition coefficient (Wildman–Crippen LogP) is 5.75. The van der Waals surface area contributed by atoms with Crippen molar-refractivity contribution in [2.45, 2.75) is 70.2 Å². The zero-order valence-corrected chi connectivity index (χ0v) is 27.3. The van der Waals surface area contributed by atoms with Gasteiger partial charge in [-0.1, -0.05) is 29.8 Å². The first-order valence-corrected chi connectivity index (χ1v) is 16.8. The van der Waals surface area contributed by atoms with E-state index in [9.17, 15) is 5.11 Å². The molecule has 232 valence electrons. The van der Waals surface area contributed by atoms with Crippen molar-refractivity contribution in [1.29, 1.82) is 0 Å². The van der Waals surface area contributed by atoms with Crippen LogP contribution in [0.5, 0.6) is 0 Å². The van der Waals surface area contributed by atoms with E-state index < -0.39 is 5.41 Å². The Morgan fingerprint density at radius 1 is 1.07 bits per heavy atom. The second-order valence-electron chi connectivity index (χ2n) is 13.4. The molecule has 43 heavy (non-hydrogen) atoms. The minimum absolute atomic E-state index is 0.0448. The highest BCUT2D eigenvalue weighted by molar-refractivity contribution is 9.10. The number of aliphatic hydroxyl groups excluding tert-OH is 1. The lowest BCUT2D eigenvalue weighted by molar-refractivity contribution is -0.0336. The largest absolute Gasteiger partial charge is 0.396 e. The number of aromatic nitrogens is 2. The maximum absolute atomic E-state index is 10.7. The highest BCUT2D eigenvalue weighted by Gasteiger charge is 2.46. The van der Waals surface area contributed by atoms with Crippen molar-refractivity contribution in [3.05, 3.63) is 46.2 Å². The van der Waals surface area contributed by atoms with Gasteiger partial charge < -0.3 is 28.8 Å². The van der Waals surface area contributed by atoms with Gasteiger partial charge in [0.05, 0.1) is 36.0 Å². The van der Waals surface area contributed by atoms with Crippen LogP contribution < -0.4 is 4.90 Å². The molecular weight excluding hydrogens is 608 g/mol. The second-order valence-corrected chi connectivity index (χ2v) is 14.3. The third-order valence-electron chi connectivity index (χ3n) is 10.2. The first-order chi connectivity index (χ1) is 20.9. The molecule has 2 atom stereocenters. The van der Waals surface area contributed by atoms with Gasteiger partial charge >= 0.3 is 0 Å². The highest BCUT2D eigenvalue weighted by Crippen LogP contribution is 2.57. The summed E-state index contributed by atoms with van der Waals surface area (Å²) < 4.78 is 21.8. The lowest BCUT2D eigenvalue weighted by atomic mass is 9.67. The van der Waals surface area contributed by atoms with Crippen molar-refractivity contribution in [2.75, 3.05) is 64.6 Å². The molecule has 1 unspecified atom stereocenters. The van der Waals surface area contributed by atoms with Crippen molar-refractivity contribution in [3.63, 3.8) is 0 Å². The van der Waals surface area contributed by atoms with E-state index in [1.807, 2.05) is 6.20 Å². The van der Waals surface area contributed by atoms with E-state index in [-0.39, 0.29) is 24.7 Å². The maximum Gasteiger partial charge on any atom is 0.107 e. The summed E-state index contributed by atoms with van der Waals surface area (Å²) in [5, 5.41) is 11.9. The number of ether oxygens (including phenoxy) is 3. The number of anilines is 1. The molecule has 4 heterocycles. The van der Waals surface area contributed by atoms with Gasteiger partial charge in [0.25, 0.3) is 0 Å². The van der Waals surface area contributed by atoms with Gasteiger partial charge in [-0.2, -0.15) is 0 Å². The molecule has 2 saturated heterocycles. The summed E-state index contributed by atoms with van der Waals surface area (Å²) in [5.74, 6) is -0.0834. The number of nitrogens with zero attached hydrogens (tertiary/aromatic N) is 4. The first kappa shape index (κ1) is 29.7. The number of piperazine rings is 1. The standard InChI is InChI=1S/C34H45BrN4O4/c1-34(2,21-40)30-29-26-18-22(35)4-7-28(26)39(14-17-43-25-8-15-42-16-9-25)32(29)27-19-24(20-36-31(27)33(30)41-3)38-12-10-37(11-13-38)23-5-6-23/h4,7,18-20,23,25,30,33,40H,5-6,8-17,21H2,1-3H3/t30?,33-/m0/s1. The fourth-order valence-corrected chi connectivity index (χ4v) is 8.00. The van der Waals surface area contributed by atoms with E-state index >= 15 is 0 Å². The molecule has 0 spiro atoms. The fourth-order valence-electron chi connectivity index (χ4n) is 7.64. The molecule has 2 aromatic heterocycles. The normalized spacial score (nSPS) is 23.5. The number of fused-ring (bicyclic) bond motifs is 5. The summed E-state index contributed by atoms with van der Waals surface area (Å²) in [6.07, 6.45) is 6.62. The van der Waals surface area contributed by atoms with Gasteiger partial charge in [0.2, 0.25) is 0 Å². The maximum atomic E-state index is 10.7. The van der Waals surface area contributed by atoms with Crippen LogP contribution in [-0.2, 0) is 20.8 Å². The van der Waals surface area contributed by atoms with Gasteiger partial charge in [-0.05, 0) is 60.9 Å². The molecule has 4 aliphatic rings. The number of hydrogen-bond acceptors (Lipinski definition) is 7. The second kappa shape index (κ2) is 12.1. The van der Waals surface area contributed by atoms with Crippen molar-refractivity contribution < 1.29 is 19.3 Å². The van der Waals surface area contributed by atoms with Crippen LogP contribution >= 0.6 is 15.9 Å². The molecule has 3 fully saturated rings. The van der Waals surface area contributed by atoms with Crippen LogP contribution in [0.4, 0.5) is 5.69 Å². The molecule has 0 bridgehead atoms. The van der Waals surface area contributed by atoms with Crippen LogP contribution in [0.1, 0.15) is 62.8 Å². The highest BCUT2D eigenvalue weighted by atomic mass is 79.9. The third-order valence-corrected chi connectivity index (χ3v) is 10.7. The molecule has 0 amide bonds. The van der Waals surface area contributed by atoms with Crippen molar-refractivity contribution >= 4 is 32.5 Å². The zero-order valence-electron chi connectivity index (χ0n) is 25.7. The van der Waals surface area contributed by atoms with Crippen LogP contribution in [0.3, 0.4) is 0 Å². The Bertz CT molecular complexity index is 1460. The van der Waals surface area contributed by atoms with Crippen molar-refractivity contribution in [3.8, 4) is 11.3 Å². The molecule has 2 aliphatic carbocycles. The molecule has 9 heteroatoms. The molecule has 3 aromatic rings. The topological polar surface area (TPSA) is 72.2 Å². The molecule has 2 aliphatic heterocycles. The summed E-state index contributed by atoms with van der Waals surface area (Å²) in [7, 11) is 1.78. The van der Waals surface area contributed by atoms with Crippen LogP contribution in [0.25, 0.3) is 22.2 Å². The Kier molecular flexibility index (Phi) is 8.33. The van der Waals surface area contributed by atoms with Gasteiger partial charge in [-0.3, -0.25) is 9.88 Å². The van der Waals surface area contributed by atoms with E-state index in [1.54, 1.807) is 7.11 Å². The van der Waals surface area contributed by atoms with Gasteiger partial charge in [0.1, 0.15) is 6.10 Å². The molecule has 7 rings (SSSR count). The molecule has 1 N–H and O–H groups in total. The Labute approximate surface area is 263 Å². The van der Waals surface area contributed by atoms with E-state index in [4.69, 9.17) is 19.2 Å². The van der Waals surface area contributed by atoms with Gasteiger partial charge in [0, 0.05) is 92.6 Å². The predicted molar refractivity (Wildman–Crippen MR) is 173 cm³/mol. The molecular formula is C34H45BrN4O4. The minimum atomic E-state index is -0.438. The lowest BCUT2D eigenvalue weighted by Gasteiger charge is -2.42. The van der Waals surface area contributed by atoms with Gasteiger partial charge in [0.15, 0.2) is 0 Å². The molecule has 8 nitrogen and oxygen atoms in total. The summed E-state index contributed by atoms with van der Waals surface area (Å²) in [6, 6.07) is 9.73. The van der Waals surface area contributed by atoms with E-state index in [0.717, 1.165) is 80.6 Å². The summed E-state index contributed by atoms with van der Waals surface area (Å²) in [5.41, 5.74) is 6.41. The first-order valence-electron chi connectivity index (χ1n) is 16.0. The average molecular weight is 654 g/mol. The third kappa shape index (κ3) is 5.55. The van der Waals surface area contributed by atoms with E-state index in [1.165, 1.54) is 40.7 Å². The number of methoxy groups -OCH3 is 1. The van der Waals surface area contributed by atoms with Crippen molar-refractivity contribution in [1.82, 2.24) is 14.5 Å². The smallest absolute Gasteiger partial charge is 0.107 e. The zero-order chi connectivity index (χ0) is 29.7. The molecule has 1 saturated carbocycles. The summed E-state index contributed by atoms with van der Waals surface area (Å²) >= 11 is 3.76. The Morgan fingerprint density at radius 3 is 2.53 bits per heavy atom. The monoisotopic (exact) mass is 652 g/mol. The Hall–Kier alpha value is -2.01. The number of pyridine rings is 1. The summed E-state index contributed by atoms with van der Waals surface area (Å²) in [4.78, 5) is 10.3. The van der Waals surface area contributed by atoms with Crippen molar-refractivity contribution in [2.24, 2.45) is 5.41 Å². The molecule has 1 aromatic carbocycles. The van der Waals surface area contributed by atoms with Gasteiger partial charge in [-0.15, -0.1) is 0 Å². The number of rotatable bonds is 9. The number of hydrogen-bond donors (Lipinski definition) is 1. The van der Waals surface area contributed by atoms with Crippen LogP contribution in [0.15, 0.2) is 34.9 Å². The van der Waals surface area contributed by atoms with E-state index in [0.29, 0.717) is 6.61 Å². The summed E-state index contributed by atoms with van der Waals surface area (Å²) in [6.45, 7) is 11.5. The quantitative estimate of drug-likeness (QED) is 0.316. The molecule has 0 radical (unpaired) electrons. The van der Waals surface area contributed by atoms with Crippen LogP contribution in [0, 0.1) is 5.41 Å². The number of halogens is 1. The van der Waals surface area contributed by atoms with Crippen LogP contribution in [0.2, 0.25) is 0 Å². The lowest BCUT2D eigenvalue weighted by Crippen LogP contribution is -2.47. The minimum Gasteiger partial charge on any atom is -0.396 e. The average Bonchev–Trinajstić information content (AvgIpc) is 3.84.